The van der Waals surface area contributed by atoms with Gasteiger partial charge in [-0.2, -0.15) is 0 Å². The predicted octanol–water partition coefficient (Wildman–Crippen LogP) is 12.2. The lowest BCUT2D eigenvalue weighted by Gasteiger charge is -2.18. The Morgan fingerprint density at radius 3 is 1.21 bits per heavy atom. The summed E-state index contributed by atoms with van der Waals surface area (Å²) < 4.78 is 16.5. The van der Waals surface area contributed by atoms with Crippen LogP contribution in [0.25, 0.3) is 0 Å². The Hall–Kier alpha value is -1.59. The van der Waals surface area contributed by atoms with Gasteiger partial charge in [0.1, 0.15) is 13.2 Å². The second kappa shape index (κ2) is 34.3. The van der Waals surface area contributed by atoms with Gasteiger partial charge in [0.15, 0.2) is 6.10 Å². The lowest BCUT2D eigenvalue weighted by atomic mass is 9.99. The summed E-state index contributed by atoms with van der Waals surface area (Å²) in [4.78, 5) is 37.3. The number of esters is 3. The van der Waals surface area contributed by atoms with Crippen molar-refractivity contribution in [2.45, 2.75) is 221 Å². The summed E-state index contributed by atoms with van der Waals surface area (Å²) in [5.41, 5.74) is 0. The minimum atomic E-state index is -0.758. The van der Waals surface area contributed by atoms with Crippen molar-refractivity contribution in [1.29, 1.82) is 0 Å². The van der Waals surface area contributed by atoms with E-state index < -0.39 is 6.10 Å². The number of unbranched alkanes of at least 4 members (excludes halogenated alkanes) is 19. The standard InChI is InChI=1S/C41H78O6/c1-6-8-9-19-28-33-41(44)47-38(34-45-39(42)31-26-22-17-12-10-11-15-20-24-29-36(3)4)35-46-40(43)32-27-23-18-14-13-16-21-25-30-37(5)7-2/h36-38H,6-35H2,1-5H3/t37?,38-/m1/s1. The fraction of sp³-hybridized carbons (Fsp3) is 0.927. The second-order valence-electron chi connectivity index (χ2n) is 14.6. The normalized spacial score (nSPS) is 12.6. The summed E-state index contributed by atoms with van der Waals surface area (Å²) in [7, 11) is 0. The zero-order chi connectivity index (χ0) is 34.8. The van der Waals surface area contributed by atoms with Crippen molar-refractivity contribution in [3.63, 3.8) is 0 Å². The first kappa shape index (κ1) is 45.4. The second-order valence-corrected chi connectivity index (χ2v) is 14.6. The Morgan fingerprint density at radius 1 is 0.447 bits per heavy atom. The zero-order valence-electron chi connectivity index (χ0n) is 31.9. The molecule has 0 spiro atoms. The maximum atomic E-state index is 12.5. The summed E-state index contributed by atoms with van der Waals surface area (Å²) >= 11 is 0. The van der Waals surface area contributed by atoms with Crippen molar-refractivity contribution in [2.24, 2.45) is 11.8 Å². The van der Waals surface area contributed by atoms with Crippen LogP contribution in [0.5, 0.6) is 0 Å². The smallest absolute Gasteiger partial charge is 0.306 e. The van der Waals surface area contributed by atoms with Crippen LogP contribution in [0, 0.1) is 11.8 Å². The summed E-state index contributed by atoms with van der Waals surface area (Å²) in [5.74, 6) is 0.776. The highest BCUT2D eigenvalue weighted by Crippen LogP contribution is 2.16. The molecule has 0 saturated heterocycles. The third kappa shape index (κ3) is 34.1. The SMILES string of the molecule is CCCCCCCC(=O)O[C@H](COC(=O)CCCCCCCCCCCC(C)C)COC(=O)CCCCCCCCCCC(C)CC. The van der Waals surface area contributed by atoms with Crippen molar-refractivity contribution in [3.8, 4) is 0 Å². The average molecular weight is 667 g/mol. The monoisotopic (exact) mass is 667 g/mol. The fourth-order valence-electron chi connectivity index (χ4n) is 5.84. The molecule has 0 aliphatic heterocycles. The van der Waals surface area contributed by atoms with Crippen molar-refractivity contribution in [1.82, 2.24) is 0 Å². The predicted molar refractivity (Wildman–Crippen MR) is 196 cm³/mol. The van der Waals surface area contributed by atoms with Gasteiger partial charge in [0.25, 0.3) is 0 Å². The molecule has 0 aromatic rings. The van der Waals surface area contributed by atoms with Gasteiger partial charge in [-0.05, 0) is 31.1 Å². The van der Waals surface area contributed by atoms with E-state index >= 15 is 0 Å². The molecule has 6 heteroatoms. The molecule has 0 bridgehead atoms. The molecule has 2 atom stereocenters. The van der Waals surface area contributed by atoms with Crippen molar-refractivity contribution in [2.75, 3.05) is 13.2 Å². The molecule has 0 N–H and O–H groups in total. The lowest BCUT2D eigenvalue weighted by Crippen LogP contribution is -2.30. The van der Waals surface area contributed by atoms with E-state index in [9.17, 15) is 14.4 Å². The van der Waals surface area contributed by atoms with Gasteiger partial charge in [-0.1, -0.05) is 176 Å². The van der Waals surface area contributed by atoms with Gasteiger partial charge in [0.05, 0.1) is 0 Å². The van der Waals surface area contributed by atoms with Crippen LogP contribution in [0.1, 0.15) is 214 Å². The number of rotatable bonds is 35. The van der Waals surface area contributed by atoms with Gasteiger partial charge < -0.3 is 14.2 Å². The van der Waals surface area contributed by atoms with E-state index in [-0.39, 0.29) is 31.1 Å². The van der Waals surface area contributed by atoms with Crippen LogP contribution in [-0.2, 0) is 28.6 Å². The molecule has 1 unspecified atom stereocenters. The highest BCUT2D eigenvalue weighted by Gasteiger charge is 2.19. The van der Waals surface area contributed by atoms with Crippen molar-refractivity contribution in [3.05, 3.63) is 0 Å². The quantitative estimate of drug-likeness (QED) is 0.0380. The Bertz CT molecular complexity index is 721. The van der Waals surface area contributed by atoms with Gasteiger partial charge in [-0.15, -0.1) is 0 Å². The lowest BCUT2D eigenvalue weighted by molar-refractivity contribution is -0.167. The van der Waals surface area contributed by atoms with E-state index in [1.165, 1.54) is 96.3 Å². The maximum Gasteiger partial charge on any atom is 0.306 e. The van der Waals surface area contributed by atoms with Gasteiger partial charge in [0.2, 0.25) is 0 Å². The first-order valence-electron chi connectivity index (χ1n) is 20.3. The molecule has 0 rings (SSSR count). The van der Waals surface area contributed by atoms with Crippen LogP contribution >= 0.6 is 0 Å². The van der Waals surface area contributed by atoms with E-state index in [0.717, 1.165) is 76.0 Å². The van der Waals surface area contributed by atoms with E-state index in [2.05, 4.69) is 34.6 Å². The number of ether oxygens (including phenoxy) is 3. The van der Waals surface area contributed by atoms with E-state index in [1.807, 2.05) is 0 Å². The topological polar surface area (TPSA) is 78.9 Å². The maximum absolute atomic E-state index is 12.5. The van der Waals surface area contributed by atoms with Gasteiger partial charge in [-0.25, -0.2) is 0 Å². The molecular formula is C41H78O6. The van der Waals surface area contributed by atoms with Crippen LogP contribution in [0.3, 0.4) is 0 Å². The molecule has 0 aromatic carbocycles. The first-order chi connectivity index (χ1) is 22.8. The average Bonchev–Trinajstić information content (AvgIpc) is 3.05. The van der Waals surface area contributed by atoms with Crippen molar-refractivity contribution < 1.29 is 28.6 Å². The van der Waals surface area contributed by atoms with Crippen LogP contribution in [0.15, 0.2) is 0 Å². The summed E-state index contributed by atoms with van der Waals surface area (Å²) in [5, 5.41) is 0. The van der Waals surface area contributed by atoms with E-state index in [0.29, 0.717) is 19.3 Å². The van der Waals surface area contributed by atoms with Gasteiger partial charge in [0, 0.05) is 19.3 Å². The molecule has 47 heavy (non-hydrogen) atoms. The summed E-state index contributed by atoms with van der Waals surface area (Å²) in [6.07, 6.45) is 29.7. The minimum Gasteiger partial charge on any atom is -0.462 e. The molecule has 0 radical (unpaired) electrons. The Morgan fingerprint density at radius 2 is 0.809 bits per heavy atom. The molecule has 0 fully saturated rings. The molecule has 0 heterocycles. The molecule has 0 aromatic heterocycles. The van der Waals surface area contributed by atoms with Crippen LogP contribution in [-0.4, -0.2) is 37.2 Å². The van der Waals surface area contributed by atoms with Gasteiger partial charge in [-0.3, -0.25) is 14.4 Å². The summed E-state index contributed by atoms with van der Waals surface area (Å²) in [6, 6.07) is 0. The number of hydrogen-bond acceptors (Lipinski definition) is 6. The molecule has 0 saturated carbocycles. The largest absolute Gasteiger partial charge is 0.462 e. The Balaban J connectivity index is 4.23. The molecular weight excluding hydrogens is 588 g/mol. The Kier molecular flexibility index (Phi) is 33.1. The fourth-order valence-corrected chi connectivity index (χ4v) is 5.84. The molecule has 278 valence electrons. The number of carbonyl (C=O) groups excluding carboxylic acids is 3. The third-order valence-electron chi connectivity index (χ3n) is 9.33. The van der Waals surface area contributed by atoms with Crippen LogP contribution in [0.2, 0.25) is 0 Å². The molecule has 0 aliphatic carbocycles. The zero-order valence-corrected chi connectivity index (χ0v) is 31.9. The first-order valence-corrected chi connectivity index (χ1v) is 20.3. The number of carbonyl (C=O) groups is 3. The van der Waals surface area contributed by atoms with Crippen molar-refractivity contribution >= 4 is 17.9 Å². The van der Waals surface area contributed by atoms with E-state index in [4.69, 9.17) is 14.2 Å². The van der Waals surface area contributed by atoms with Gasteiger partial charge >= 0.3 is 17.9 Å². The van der Waals surface area contributed by atoms with Crippen LogP contribution in [0.4, 0.5) is 0 Å². The highest BCUT2D eigenvalue weighted by molar-refractivity contribution is 5.71. The minimum absolute atomic E-state index is 0.0676. The third-order valence-corrected chi connectivity index (χ3v) is 9.33. The number of hydrogen-bond donors (Lipinski definition) is 0. The van der Waals surface area contributed by atoms with Crippen LogP contribution < -0.4 is 0 Å². The summed E-state index contributed by atoms with van der Waals surface area (Å²) in [6.45, 7) is 11.2. The van der Waals surface area contributed by atoms with E-state index in [1.54, 1.807) is 0 Å². The molecule has 6 nitrogen and oxygen atoms in total. The highest BCUT2D eigenvalue weighted by atomic mass is 16.6. The molecule has 0 amide bonds. The molecule has 0 aliphatic rings. The Labute approximate surface area is 291 Å².